The Bertz CT molecular complexity index is 469. The van der Waals surface area contributed by atoms with Crippen LogP contribution in [-0.4, -0.2) is 29.1 Å². The first-order valence-electron chi connectivity index (χ1n) is 5.69. The van der Waals surface area contributed by atoms with Gasteiger partial charge in [-0.05, 0) is 30.7 Å². The van der Waals surface area contributed by atoms with Crippen LogP contribution in [0.3, 0.4) is 0 Å². The molecule has 0 aliphatic carbocycles. The molecule has 1 N–H and O–H groups in total. The Labute approximate surface area is 105 Å². The Kier molecular flexibility index (Phi) is 5.28. The van der Waals surface area contributed by atoms with Crippen molar-refractivity contribution in [2.45, 2.75) is 19.9 Å². The number of nitrogens with zero attached hydrogens (tertiary/aromatic N) is 2. The molecule has 0 heterocycles. The van der Waals surface area contributed by atoms with E-state index in [1.165, 1.54) is 12.1 Å². The Balaban J connectivity index is 2.80. The molecule has 0 radical (unpaired) electrons. The monoisotopic (exact) mass is 250 g/mol. The van der Waals surface area contributed by atoms with Crippen molar-refractivity contribution in [3.8, 4) is 6.07 Å². The Hall–Kier alpha value is -1.93. The third-order valence-electron chi connectivity index (χ3n) is 2.46. The quantitative estimate of drug-likeness (QED) is 0.838. The fourth-order valence-electron chi connectivity index (χ4n) is 1.74. The number of hydrogen-bond donors (Lipinski definition) is 1. The van der Waals surface area contributed by atoms with E-state index in [1.807, 2.05) is 6.92 Å². The highest BCUT2D eigenvalue weighted by atomic mass is 19.1. The highest BCUT2D eigenvalue weighted by Crippen LogP contribution is 2.12. The van der Waals surface area contributed by atoms with Crippen molar-refractivity contribution in [2.75, 3.05) is 13.1 Å². The number of carboxylic acids is 1. The zero-order valence-corrected chi connectivity index (χ0v) is 10.2. The first kappa shape index (κ1) is 14.1. The van der Waals surface area contributed by atoms with Crippen LogP contribution in [0.5, 0.6) is 0 Å². The standard InChI is InChI=1S/C13H15FN2O2/c1-2-5-16(9-13(17)18)8-10-3-4-12(14)11(6-10)7-15/h3-4,6H,2,5,8-9H2,1H3,(H,17,18). The maximum absolute atomic E-state index is 13.1. The van der Waals surface area contributed by atoms with Crippen LogP contribution in [0.25, 0.3) is 0 Å². The largest absolute Gasteiger partial charge is 0.480 e. The second kappa shape index (κ2) is 6.72. The second-order valence-corrected chi connectivity index (χ2v) is 4.03. The Morgan fingerprint density at radius 3 is 2.83 bits per heavy atom. The molecule has 18 heavy (non-hydrogen) atoms. The first-order chi connectivity index (χ1) is 8.56. The topological polar surface area (TPSA) is 64.3 Å². The van der Waals surface area contributed by atoms with Gasteiger partial charge >= 0.3 is 5.97 Å². The lowest BCUT2D eigenvalue weighted by molar-refractivity contribution is -0.138. The van der Waals surface area contributed by atoms with Crippen molar-refractivity contribution in [1.29, 1.82) is 5.26 Å². The van der Waals surface area contributed by atoms with E-state index in [9.17, 15) is 9.18 Å². The molecule has 0 aromatic heterocycles. The van der Waals surface area contributed by atoms with Crippen LogP contribution in [0.4, 0.5) is 4.39 Å². The van der Waals surface area contributed by atoms with Crippen molar-refractivity contribution in [3.63, 3.8) is 0 Å². The molecule has 0 aliphatic rings. The summed E-state index contributed by atoms with van der Waals surface area (Å²) in [4.78, 5) is 12.4. The number of halogens is 1. The van der Waals surface area contributed by atoms with Crippen LogP contribution in [0.15, 0.2) is 18.2 Å². The van der Waals surface area contributed by atoms with Gasteiger partial charge in [-0.3, -0.25) is 9.69 Å². The van der Waals surface area contributed by atoms with Gasteiger partial charge in [0.25, 0.3) is 0 Å². The summed E-state index contributed by atoms with van der Waals surface area (Å²) in [5.74, 6) is -1.45. The predicted molar refractivity (Wildman–Crippen MR) is 64.3 cm³/mol. The summed E-state index contributed by atoms with van der Waals surface area (Å²) in [6.45, 7) is 2.94. The fraction of sp³-hybridized carbons (Fsp3) is 0.385. The van der Waals surface area contributed by atoms with Crippen molar-refractivity contribution in [1.82, 2.24) is 4.90 Å². The highest BCUT2D eigenvalue weighted by molar-refractivity contribution is 5.69. The Morgan fingerprint density at radius 1 is 1.56 bits per heavy atom. The van der Waals surface area contributed by atoms with Crippen molar-refractivity contribution >= 4 is 5.97 Å². The zero-order chi connectivity index (χ0) is 13.5. The lowest BCUT2D eigenvalue weighted by Gasteiger charge is -2.19. The lowest BCUT2D eigenvalue weighted by atomic mass is 10.1. The zero-order valence-electron chi connectivity index (χ0n) is 10.2. The van der Waals surface area contributed by atoms with Crippen molar-refractivity contribution in [2.24, 2.45) is 0 Å². The number of rotatable bonds is 6. The van der Waals surface area contributed by atoms with Crippen LogP contribution in [0, 0.1) is 17.1 Å². The molecule has 1 aromatic carbocycles. The molecule has 5 heteroatoms. The van der Waals surface area contributed by atoms with Gasteiger partial charge in [0, 0.05) is 6.54 Å². The summed E-state index contributed by atoms with van der Waals surface area (Å²) in [5, 5.41) is 17.5. The van der Waals surface area contributed by atoms with Gasteiger partial charge in [0.2, 0.25) is 0 Å². The second-order valence-electron chi connectivity index (χ2n) is 4.03. The van der Waals surface area contributed by atoms with Gasteiger partial charge in [-0.1, -0.05) is 13.0 Å². The van der Waals surface area contributed by atoms with E-state index in [2.05, 4.69) is 0 Å². The summed E-state index contributed by atoms with van der Waals surface area (Å²) in [7, 11) is 0. The van der Waals surface area contributed by atoms with E-state index in [4.69, 9.17) is 10.4 Å². The molecule has 0 saturated carbocycles. The summed E-state index contributed by atoms with van der Waals surface area (Å²) >= 11 is 0. The van der Waals surface area contributed by atoms with Gasteiger partial charge in [-0.25, -0.2) is 4.39 Å². The molecule has 4 nitrogen and oxygen atoms in total. The van der Waals surface area contributed by atoms with Crippen LogP contribution < -0.4 is 0 Å². The van der Waals surface area contributed by atoms with Crippen molar-refractivity contribution in [3.05, 3.63) is 35.1 Å². The average Bonchev–Trinajstić information content (AvgIpc) is 2.31. The number of carboxylic acid groups (broad SMARTS) is 1. The van der Waals surface area contributed by atoms with Gasteiger partial charge in [0.05, 0.1) is 12.1 Å². The molecule has 0 aliphatic heterocycles. The van der Waals surface area contributed by atoms with Gasteiger partial charge in [-0.2, -0.15) is 5.26 Å². The van der Waals surface area contributed by atoms with Crippen LogP contribution in [0.1, 0.15) is 24.5 Å². The van der Waals surface area contributed by atoms with Gasteiger partial charge in [0.1, 0.15) is 11.9 Å². The molecule has 1 aromatic rings. The molecule has 1 rings (SSSR count). The normalized spacial score (nSPS) is 10.3. The summed E-state index contributed by atoms with van der Waals surface area (Å²) in [5.41, 5.74) is 0.724. The number of hydrogen-bond acceptors (Lipinski definition) is 3. The molecule has 0 fully saturated rings. The molecular formula is C13H15FN2O2. The van der Waals surface area contributed by atoms with Crippen LogP contribution in [-0.2, 0) is 11.3 Å². The number of nitriles is 1. The number of aliphatic carboxylic acids is 1. The molecule has 0 spiro atoms. The smallest absolute Gasteiger partial charge is 0.317 e. The van der Waals surface area contributed by atoms with Crippen LogP contribution >= 0.6 is 0 Å². The van der Waals surface area contributed by atoms with E-state index in [-0.39, 0.29) is 12.1 Å². The highest BCUT2D eigenvalue weighted by Gasteiger charge is 2.10. The average molecular weight is 250 g/mol. The molecule has 0 amide bonds. The summed E-state index contributed by atoms with van der Waals surface area (Å²) in [6.07, 6.45) is 0.833. The van der Waals surface area contributed by atoms with E-state index in [0.717, 1.165) is 12.0 Å². The molecule has 0 saturated heterocycles. The molecular weight excluding hydrogens is 235 g/mol. The van der Waals surface area contributed by atoms with Crippen LogP contribution in [0.2, 0.25) is 0 Å². The fourth-order valence-corrected chi connectivity index (χ4v) is 1.74. The third kappa shape index (κ3) is 4.15. The minimum atomic E-state index is -0.897. The Morgan fingerprint density at radius 2 is 2.28 bits per heavy atom. The minimum absolute atomic E-state index is 0.0146. The lowest BCUT2D eigenvalue weighted by Crippen LogP contribution is -2.30. The van der Waals surface area contributed by atoms with Crippen molar-refractivity contribution < 1.29 is 14.3 Å². The molecule has 96 valence electrons. The van der Waals surface area contributed by atoms with E-state index < -0.39 is 11.8 Å². The molecule has 0 bridgehead atoms. The molecule has 0 atom stereocenters. The van der Waals surface area contributed by atoms with E-state index >= 15 is 0 Å². The van der Waals surface area contributed by atoms with Gasteiger partial charge in [-0.15, -0.1) is 0 Å². The third-order valence-corrected chi connectivity index (χ3v) is 2.46. The predicted octanol–water partition coefficient (Wildman–Crippen LogP) is 1.99. The van der Waals surface area contributed by atoms with Gasteiger partial charge < -0.3 is 5.11 Å². The maximum atomic E-state index is 13.1. The first-order valence-corrected chi connectivity index (χ1v) is 5.69. The summed E-state index contributed by atoms with van der Waals surface area (Å²) < 4.78 is 13.1. The minimum Gasteiger partial charge on any atom is -0.480 e. The SMILES string of the molecule is CCCN(CC(=O)O)Cc1ccc(F)c(C#N)c1. The molecule has 0 unspecified atom stereocenters. The number of carbonyl (C=O) groups is 1. The van der Waals surface area contributed by atoms with E-state index in [1.54, 1.807) is 17.0 Å². The van der Waals surface area contributed by atoms with Gasteiger partial charge in [0.15, 0.2) is 0 Å². The number of benzene rings is 1. The summed E-state index contributed by atoms with van der Waals surface area (Å²) in [6, 6.07) is 6.04. The van der Waals surface area contributed by atoms with E-state index in [0.29, 0.717) is 13.1 Å². The maximum Gasteiger partial charge on any atom is 0.317 e.